The van der Waals surface area contributed by atoms with Crippen LogP contribution in [0.1, 0.15) is 60.0 Å². The number of fused-ring (bicyclic) bond motifs is 1. The van der Waals surface area contributed by atoms with E-state index in [1.54, 1.807) is 4.88 Å². The van der Waals surface area contributed by atoms with Gasteiger partial charge in [0.05, 0.1) is 10.7 Å². The van der Waals surface area contributed by atoms with Crippen LogP contribution >= 0.6 is 11.3 Å². The highest BCUT2D eigenvalue weighted by molar-refractivity contribution is 7.11. The van der Waals surface area contributed by atoms with E-state index in [1.165, 1.54) is 68.6 Å². The maximum Gasteiger partial charge on any atom is 0.0934 e. The zero-order chi connectivity index (χ0) is 11.9. The van der Waals surface area contributed by atoms with Crippen LogP contribution < -0.4 is 5.32 Å². The van der Waals surface area contributed by atoms with Crippen LogP contribution in [0, 0.1) is 5.92 Å². The number of rotatable bonds is 5. The summed E-state index contributed by atoms with van der Waals surface area (Å²) in [5.74, 6) is 1.68. The number of nitrogens with zero attached hydrogens (tertiary/aromatic N) is 1. The van der Waals surface area contributed by atoms with E-state index in [0.29, 0.717) is 5.92 Å². The highest BCUT2D eigenvalue weighted by atomic mass is 32.1. The summed E-state index contributed by atoms with van der Waals surface area (Å²) in [5, 5.41) is 5.13. The molecule has 1 heterocycles. The molecule has 1 aromatic heterocycles. The molecule has 0 radical (unpaired) electrons. The number of hydrogen-bond acceptors (Lipinski definition) is 3. The maximum absolute atomic E-state index is 4.99. The average Bonchev–Trinajstić information content (AvgIpc) is 3.26. The van der Waals surface area contributed by atoms with Crippen molar-refractivity contribution >= 4 is 11.3 Å². The van der Waals surface area contributed by atoms with Crippen LogP contribution in [0.4, 0.5) is 0 Å². The van der Waals surface area contributed by atoms with Crippen molar-refractivity contribution in [2.24, 2.45) is 5.92 Å². The van der Waals surface area contributed by atoms with Gasteiger partial charge in [-0.05, 0) is 50.9 Å². The van der Waals surface area contributed by atoms with Gasteiger partial charge in [-0.15, -0.1) is 11.3 Å². The second-order valence-electron chi connectivity index (χ2n) is 6.34. The Morgan fingerprint density at radius 1 is 1.17 bits per heavy atom. The SMILES string of the molecule is C1Cc2sc(CC3CC3)nc2C(CNC2CC2)C1. The van der Waals surface area contributed by atoms with Crippen molar-refractivity contribution in [2.75, 3.05) is 6.54 Å². The Bertz CT molecular complexity index is 432. The van der Waals surface area contributed by atoms with Crippen molar-refractivity contribution in [1.82, 2.24) is 10.3 Å². The van der Waals surface area contributed by atoms with Crippen LogP contribution in [0.3, 0.4) is 0 Å². The van der Waals surface area contributed by atoms with Gasteiger partial charge in [-0.1, -0.05) is 0 Å². The highest BCUT2D eigenvalue weighted by Crippen LogP contribution is 2.38. The van der Waals surface area contributed by atoms with Crippen LogP contribution in [0.25, 0.3) is 0 Å². The van der Waals surface area contributed by atoms with Crippen LogP contribution in [-0.2, 0) is 12.8 Å². The summed E-state index contributed by atoms with van der Waals surface area (Å²) in [7, 11) is 0. The second kappa shape index (κ2) is 4.61. The Morgan fingerprint density at radius 3 is 2.83 bits per heavy atom. The van der Waals surface area contributed by atoms with Gasteiger partial charge in [-0.3, -0.25) is 0 Å². The molecule has 0 aliphatic heterocycles. The fraction of sp³-hybridized carbons (Fsp3) is 0.800. The Labute approximate surface area is 113 Å². The molecular weight excluding hydrogens is 240 g/mol. The summed E-state index contributed by atoms with van der Waals surface area (Å²) in [6.07, 6.45) is 10.9. The third kappa shape index (κ3) is 2.48. The molecule has 3 heteroatoms. The quantitative estimate of drug-likeness (QED) is 0.881. The summed E-state index contributed by atoms with van der Waals surface area (Å²) < 4.78 is 0. The van der Waals surface area contributed by atoms with Gasteiger partial charge in [0.15, 0.2) is 0 Å². The molecule has 1 unspecified atom stereocenters. The molecule has 1 N–H and O–H groups in total. The van der Waals surface area contributed by atoms with E-state index in [4.69, 9.17) is 4.98 Å². The first-order chi connectivity index (χ1) is 8.88. The Morgan fingerprint density at radius 2 is 2.06 bits per heavy atom. The van der Waals surface area contributed by atoms with Crippen LogP contribution in [0.2, 0.25) is 0 Å². The van der Waals surface area contributed by atoms with Crippen molar-refractivity contribution < 1.29 is 0 Å². The molecule has 3 aliphatic rings. The Hall–Kier alpha value is -0.410. The number of thiazole rings is 1. The minimum absolute atomic E-state index is 0.707. The van der Waals surface area contributed by atoms with E-state index >= 15 is 0 Å². The van der Waals surface area contributed by atoms with Gasteiger partial charge in [-0.2, -0.15) is 0 Å². The molecule has 0 spiro atoms. The van der Waals surface area contributed by atoms with Gasteiger partial charge in [-0.25, -0.2) is 4.98 Å². The lowest BCUT2D eigenvalue weighted by Gasteiger charge is -2.21. The fourth-order valence-corrected chi connectivity index (χ4v) is 4.32. The van der Waals surface area contributed by atoms with Crippen molar-refractivity contribution in [2.45, 2.75) is 63.3 Å². The molecule has 2 fully saturated rings. The topological polar surface area (TPSA) is 24.9 Å². The Kier molecular flexibility index (Phi) is 2.92. The maximum atomic E-state index is 4.99. The number of aryl methyl sites for hydroxylation is 1. The van der Waals surface area contributed by atoms with Crippen LogP contribution in [0.15, 0.2) is 0 Å². The highest BCUT2D eigenvalue weighted by Gasteiger charge is 2.29. The van der Waals surface area contributed by atoms with Gasteiger partial charge in [0.2, 0.25) is 0 Å². The first kappa shape index (κ1) is 11.4. The molecule has 2 saturated carbocycles. The van der Waals surface area contributed by atoms with E-state index in [-0.39, 0.29) is 0 Å². The average molecular weight is 262 g/mol. The number of hydrogen-bond donors (Lipinski definition) is 1. The summed E-state index contributed by atoms with van der Waals surface area (Å²) in [6, 6.07) is 0.833. The van der Waals surface area contributed by atoms with E-state index in [1.807, 2.05) is 11.3 Å². The molecule has 2 nitrogen and oxygen atoms in total. The van der Waals surface area contributed by atoms with Gasteiger partial charge in [0.1, 0.15) is 0 Å². The largest absolute Gasteiger partial charge is 0.313 e. The molecule has 0 bridgehead atoms. The van der Waals surface area contributed by atoms with Gasteiger partial charge in [0, 0.05) is 29.8 Å². The first-order valence-electron chi connectivity index (χ1n) is 7.60. The predicted octanol–water partition coefficient (Wildman–Crippen LogP) is 3.27. The summed E-state index contributed by atoms with van der Waals surface area (Å²) in [6.45, 7) is 1.17. The van der Waals surface area contributed by atoms with E-state index in [9.17, 15) is 0 Å². The standard InChI is InChI=1S/C15H22N2S/c1-2-11(9-16-12-6-7-12)15-13(3-1)18-14(17-15)8-10-4-5-10/h10-12,16H,1-9H2. The third-order valence-electron chi connectivity index (χ3n) is 4.51. The molecule has 3 aliphatic carbocycles. The summed E-state index contributed by atoms with van der Waals surface area (Å²) in [4.78, 5) is 6.60. The zero-order valence-corrected chi connectivity index (χ0v) is 11.8. The summed E-state index contributed by atoms with van der Waals surface area (Å²) >= 11 is 2.02. The monoisotopic (exact) mass is 262 g/mol. The van der Waals surface area contributed by atoms with Gasteiger partial charge < -0.3 is 5.32 Å². The van der Waals surface area contributed by atoms with E-state index in [0.717, 1.165) is 12.0 Å². The second-order valence-corrected chi connectivity index (χ2v) is 7.50. The molecule has 18 heavy (non-hydrogen) atoms. The number of nitrogens with one attached hydrogen (secondary N) is 1. The van der Waals surface area contributed by atoms with Crippen LogP contribution in [-0.4, -0.2) is 17.6 Å². The molecule has 98 valence electrons. The zero-order valence-electron chi connectivity index (χ0n) is 11.0. The Balaban J connectivity index is 1.47. The summed E-state index contributed by atoms with van der Waals surface area (Å²) in [5.41, 5.74) is 1.47. The van der Waals surface area contributed by atoms with Crippen molar-refractivity contribution in [3.63, 3.8) is 0 Å². The lowest BCUT2D eigenvalue weighted by molar-refractivity contribution is 0.499. The van der Waals surface area contributed by atoms with Crippen molar-refractivity contribution in [1.29, 1.82) is 0 Å². The predicted molar refractivity (Wildman–Crippen MR) is 75.2 cm³/mol. The minimum Gasteiger partial charge on any atom is -0.313 e. The third-order valence-corrected chi connectivity index (χ3v) is 5.66. The smallest absolute Gasteiger partial charge is 0.0934 e. The molecule has 1 atom stereocenters. The van der Waals surface area contributed by atoms with Crippen molar-refractivity contribution in [3.8, 4) is 0 Å². The van der Waals surface area contributed by atoms with Crippen molar-refractivity contribution in [3.05, 3.63) is 15.6 Å². The normalized spacial score (nSPS) is 27.2. The van der Waals surface area contributed by atoms with Crippen LogP contribution in [0.5, 0.6) is 0 Å². The number of aromatic nitrogens is 1. The molecule has 0 saturated heterocycles. The van der Waals surface area contributed by atoms with Gasteiger partial charge in [0.25, 0.3) is 0 Å². The fourth-order valence-electron chi connectivity index (χ4n) is 3.01. The molecular formula is C15H22N2S. The first-order valence-corrected chi connectivity index (χ1v) is 8.42. The molecule has 4 rings (SSSR count). The molecule has 1 aromatic rings. The lowest BCUT2D eigenvalue weighted by atomic mass is 9.91. The van der Waals surface area contributed by atoms with E-state index in [2.05, 4.69) is 5.32 Å². The molecule has 0 aromatic carbocycles. The lowest BCUT2D eigenvalue weighted by Crippen LogP contribution is -2.25. The van der Waals surface area contributed by atoms with E-state index < -0.39 is 0 Å². The minimum atomic E-state index is 0.707. The van der Waals surface area contributed by atoms with Gasteiger partial charge >= 0.3 is 0 Å². The molecule has 0 amide bonds.